The fraction of sp³-hybridized carbons (Fsp3) is 0.233. The molecule has 1 unspecified atom stereocenters. The van der Waals surface area contributed by atoms with E-state index in [4.69, 9.17) is 9.72 Å². The van der Waals surface area contributed by atoms with E-state index in [1.165, 1.54) is 5.69 Å². The Balaban J connectivity index is 1.26. The van der Waals surface area contributed by atoms with Gasteiger partial charge in [0, 0.05) is 41.9 Å². The van der Waals surface area contributed by atoms with E-state index >= 15 is 0 Å². The molecule has 0 bridgehead atoms. The van der Waals surface area contributed by atoms with Crippen molar-refractivity contribution in [3.05, 3.63) is 96.4 Å². The standard InChI is InChI=1S/C30H30N4O2/c1-21-20-25(14-15-31-21)23-6-10-26(11-7-23)32-30(35)22(2)28-4-3-5-29(33-28)24-8-12-27(13-9-24)34-16-18-36-19-17-34/h3-15,20,22H,16-19H2,1-2H3,(H,32,35). The highest BCUT2D eigenvalue weighted by molar-refractivity contribution is 5.95. The van der Waals surface area contributed by atoms with Gasteiger partial charge in [-0.3, -0.25) is 14.8 Å². The number of hydrogen-bond acceptors (Lipinski definition) is 5. The molecular formula is C30H30N4O2. The van der Waals surface area contributed by atoms with Crippen molar-refractivity contribution in [3.63, 3.8) is 0 Å². The van der Waals surface area contributed by atoms with Crippen LogP contribution in [0, 0.1) is 6.92 Å². The number of pyridine rings is 2. The van der Waals surface area contributed by atoms with Gasteiger partial charge >= 0.3 is 0 Å². The van der Waals surface area contributed by atoms with Crippen LogP contribution in [0.1, 0.15) is 24.2 Å². The van der Waals surface area contributed by atoms with E-state index in [0.29, 0.717) is 0 Å². The number of carbonyl (C=O) groups excluding carboxylic acids is 1. The van der Waals surface area contributed by atoms with Crippen LogP contribution in [-0.4, -0.2) is 42.2 Å². The average Bonchev–Trinajstić information content (AvgIpc) is 2.94. The zero-order chi connectivity index (χ0) is 24.9. The zero-order valence-electron chi connectivity index (χ0n) is 20.6. The van der Waals surface area contributed by atoms with Gasteiger partial charge in [0.05, 0.1) is 30.5 Å². The number of nitrogens with zero attached hydrogens (tertiary/aromatic N) is 3. The topological polar surface area (TPSA) is 67.4 Å². The van der Waals surface area contributed by atoms with Gasteiger partial charge < -0.3 is 15.0 Å². The molecule has 1 aliphatic heterocycles. The van der Waals surface area contributed by atoms with Crippen molar-refractivity contribution >= 4 is 17.3 Å². The maximum Gasteiger partial charge on any atom is 0.233 e. The molecule has 2 aromatic heterocycles. The van der Waals surface area contributed by atoms with E-state index in [2.05, 4.69) is 39.5 Å². The Morgan fingerprint density at radius 1 is 0.917 bits per heavy atom. The maximum atomic E-state index is 13.0. The molecule has 6 heteroatoms. The molecule has 2 aromatic carbocycles. The Kier molecular flexibility index (Phi) is 7.05. The number of amides is 1. The van der Waals surface area contributed by atoms with Crippen LogP contribution >= 0.6 is 0 Å². The van der Waals surface area contributed by atoms with Crippen LogP contribution < -0.4 is 10.2 Å². The summed E-state index contributed by atoms with van der Waals surface area (Å²) >= 11 is 0. The number of benzene rings is 2. The number of hydrogen-bond donors (Lipinski definition) is 1. The Morgan fingerprint density at radius 3 is 2.36 bits per heavy atom. The Morgan fingerprint density at radius 2 is 1.64 bits per heavy atom. The van der Waals surface area contributed by atoms with Crippen LogP contribution in [0.3, 0.4) is 0 Å². The van der Waals surface area contributed by atoms with E-state index in [1.807, 2.05) is 74.6 Å². The molecule has 1 aliphatic rings. The van der Waals surface area contributed by atoms with Gasteiger partial charge in [-0.25, -0.2) is 0 Å². The lowest BCUT2D eigenvalue weighted by atomic mass is 10.0. The highest BCUT2D eigenvalue weighted by Gasteiger charge is 2.18. The molecule has 1 saturated heterocycles. The van der Waals surface area contributed by atoms with E-state index in [9.17, 15) is 4.79 Å². The van der Waals surface area contributed by atoms with Crippen molar-refractivity contribution in [2.24, 2.45) is 0 Å². The molecule has 36 heavy (non-hydrogen) atoms. The quantitative estimate of drug-likeness (QED) is 0.385. The van der Waals surface area contributed by atoms with Crippen LogP contribution in [0.5, 0.6) is 0 Å². The second-order valence-corrected chi connectivity index (χ2v) is 9.07. The van der Waals surface area contributed by atoms with Crippen LogP contribution in [0.15, 0.2) is 85.1 Å². The van der Waals surface area contributed by atoms with Crippen molar-refractivity contribution in [2.45, 2.75) is 19.8 Å². The molecule has 4 aromatic rings. The highest BCUT2D eigenvalue weighted by atomic mass is 16.5. The van der Waals surface area contributed by atoms with Crippen molar-refractivity contribution in [2.75, 3.05) is 36.5 Å². The molecule has 5 rings (SSSR count). The largest absolute Gasteiger partial charge is 0.378 e. The summed E-state index contributed by atoms with van der Waals surface area (Å²) in [5, 5.41) is 3.03. The lowest BCUT2D eigenvalue weighted by molar-refractivity contribution is -0.117. The summed E-state index contributed by atoms with van der Waals surface area (Å²) in [5.41, 5.74) is 7.74. The normalized spacial score (nSPS) is 14.3. The first-order valence-electron chi connectivity index (χ1n) is 12.3. The minimum absolute atomic E-state index is 0.0881. The number of nitrogens with one attached hydrogen (secondary N) is 1. The summed E-state index contributed by atoms with van der Waals surface area (Å²) < 4.78 is 5.45. The number of morpholine rings is 1. The lowest BCUT2D eigenvalue weighted by Crippen LogP contribution is -2.36. The molecule has 182 valence electrons. The smallest absolute Gasteiger partial charge is 0.233 e. The summed E-state index contributed by atoms with van der Waals surface area (Å²) in [4.78, 5) is 24.4. The molecule has 0 saturated carbocycles. The molecule has 1 fully saturated rings. The molecule has 1 amide bonds. The highest BCUT2D eigenvalue weighted by Crippen LogP contribution is 2.26. The minimum atomic E-state index is -0.389. The van der Waals surface area contributed by atoms with Crippen molar-refractivity contribution in [1.82, 2.24) is 9.97 Å². The van der Waals surface area contributed by atoms with Gasteiger partial charge in [-0.15, -0.1) is 0 Å². The molecule has 6 nitrogen and oxygen atoms in total. The van der Waals surface area contributed by atoms with Gasteiger partial charge in [0.15, 0.2) is 0 Å². The summed E-state index contributed by atoms with van der Waals surface area (Å²) in [5.74, 6) is -0.477. The summed E-state index contributed by atoms with van der Waals surface area (Å²) in [7, 11) is 0. The first kappa shape index (κ1) is 23.7. The van der Waals surface area contributed by atoms with E-state index < -0.39 is 0 Å². The monoisotopic (exact) mass is 478 g/mol. The number of aromatic nitrogens is 2. The van der Waals surface area contributed by atoms with Gasteiger partial charge in [-0.05, 0) is 73.5 Å². The summed E-state index contributed by atoms with van der Waals surface area (Å²) in [6.07, 6.45) is 1.81. The van der Waals surface area contributed by atoms with E-state index in [1.54, 1.807) is 0 Å². The van der Waals surface area contributed by atoms with Gasteiger partial charge in [0.2, 0.25) is 5.91 Å². The van der Waals surface area contributed by atoms with E-state index in [0.717, 1.165) is 65.8 Å². The predicted molar refractivity (Wildman–Crippen MR) is 144 cm³/mol. The van der Waals surface area contributed by atoms with Gasteiger partial charge in [-0.1, -0.05) is 30.3 Å². The first-order chi connectivity index (χ1) is 17.6. The van der Waals surface area contributed by atoms with Crippen molar-refractivity contribution in [3.8, 4) is 22.4 Å². The second kappa shape index (κ2) is 10.7. The second-order valence-electron chi connectivity index (χ2n) is 9.07. The van der Waals surface area contributed by atoms with Crippen LogP contribution in [0.2, 0.25) is 0 Å². The van der Waals surface area contributed by atoms with Crippen LogP contribution in [0.25, 0.3) is 22.4 Å². The Bertz CT molecular complexity index is 1330. The SMILES string of the molecule is Cc1cc(-c2ccc(NC(=O)C(C)c3cccc(-c4ccc(N5CCOCC5)cc4)n3)cc2)ccn1. The third kappa shape index (κ3) is 5.44. The van der Waals surface area contributed by atoms with Crippen LogP contribution in [-0.2, 0) is 9.53 Å². The average molecular weight is 479 g/mol. The fourth-order valence-electron chi connectivity index (χ4n) is 4.37. The molecule has 1 N–H and O–H groups in total. The minimum Gasteiger partial charge on any atom is -0.378 e. The molecular weight excluding hydrogens is 448 g/mol. The van der Waals surface area contributed by atoms with Gasteiger partial charge in [0.25, 0.3) is 0 Å². The molecule has 0 radical (unpaired) electrons. The van der Waals surface area contributed by atoms with Gasteiger partial charge in [-0.2, -0.15) is 0 Å². The lowest BCUT2D eigenvalue weighted by Gasteiger charge is -2.28. The number of carbonyl (C=O) groups is 1. The molecule has 1 atom stereocenters. The summed E-state index contributed by atoms with van der Waals surface area (Å²) in [6.45, 7) is 7.21. The zero-order valence-corrected chi connectivity index (χ0v) is 20.6. The van der Waals surface area contributed by atoms with Crippen LogP contribution in [0.4, 0.5) is 11.4 Å². The molecule has 0 spiro atoms. The Labute approximate surface area is 212 Å². The molecule has 0 aliphatic carbocycles. The third-order valence-corrected chi connectivity index (χ3v) is 6.53. The van der Waals surface area contributed by atoms with E-state index in [-0.39, 0.29) is 11.8 Å². The number of ether oxygens (including phenoxy) is 1. The third-order valence-electron chi connectivity index (χ3n) is 6.53. The van der Waals surface area contributed by atoms with Crippen molar-refractivity contribution in [1.29, 1.82) is 0 Å². The van der Waals surface area contributed by atoms with Gasteiger partial charge in [0.1, 0.15) is 0 Å². The van der Waals surface area contributed by atoms with Crippen molar-refractivity contribution < 1.29 is 9.53 Å². The number of rotatable bonds is 6. The summed E-state index contributed by atoms with van der Waals surface area (Å²) in [6, 6.07) is 26.2. The number of aryl methyl sites for hydroxylation is 1. The predicted octanol–water partition coefficient (Wildman–Crippen LogP) is 5.70. The Hall–Kier alpha value is -4.03. The molecule has 3 heterocycles. The first-order valence-corrected chi connectivity index (χ1v) is 12.3. The number of anilines is 2. The fourth-order valence-corrected chi connectivity index (χ4v) is 4.37. The maximum absolute atomic E-state index is 13.0.